The van der Waals surface area contributed by atoms with Crippen molar-refractivity contribution in [2.75, 3.05) is 17.7 Å². The summed E-state index contributed by atoms with van der Waals surface area (Å²) in [4.78, 5) is 26.3. The predicted molar refractivity (Wildman–Crippen MR) is 131 cm³/mol. The summed E-state index contributed by atoms with van der Waals surface area (Å²) in [5.41, 5.74) is 2.40. The number of ether oxygens (including phenoxy) is 2. The van der Waals surface area contributed by atoms with Crippen molar-refractivity contribution in [1.82, 2.24) is 10.2 Å². The molecule has 1 aliphatic rings. The molecule has 0 unspecified atom stereocenters. The Labute approximate surface area is 210 Å². The number of halogens is 1. The lowest BCUT2D eigenvalue weighted by Gasteiger charge is -2.12. The first-order chi connectivity index (χ1) is 16.4. The lowest BCUT2D eigenvalue weighted by Crippen LogP contribution is -2.17. The van der Waals surface area contributed by atoms with Crippen molar-refractivity contribution in [1.29, 1.82) is 0 Å². The number of thioether (sulfide) groups is 1. The number of amides is 1. The van der Waals surface area contributed by atoms with Crippen LogP contribution < -0.4 is 10.1 Å². The molecule has 1 aliphatic carbocycles. The number of thiophene rings is 1. The maximum Gasteiger partial charge on any atom is 0.341 e. The number of esters is 1. The van der Waals surface area contributed by atoms with E-state index in [-0.39, 0.29) is 36.1 Å². The van der Waals surface area contributed by atoms with Gasteiger partial charge >= 0.3 is 5.97 Å². The van der Waals surface area contributed by atoms with E-state index in [2.05, 4.69) is 15.5 Å². The van der Waals surface area contributed by atoms with Crippen molar-refractivity contribution >= 4 is 51.6 Å². The average Bonchev–Trinajstić information content (AvgIpc) is 3.41. The highest BCUT2D eigenvalue weighted by atomic mass is 35.5. The summed E-state index contributed by atoms with van der Waals surface area (Å²) in [5, 5.41) is 12.2. The molecular formula is C23H24ClN3O5S2. The number of hydrogen-bond donors (Lipinski definition) is 1. The molecule has 0 saturated carbocycles. The highest BCUT2D eigenvalue weighted by molar-refractivity contribution is 7.99. The Hall–Kier alpha value is -2.56. The van der Waals surface area contributed by atoms with Crippen LogP contribution in [0.4, 0.5) is 5.00 Å². The van der Waals surface area contributed by atoms with Gasteiger partial charge in [-0.3, -0.25) is 4.79 Å². The Balaban J connectivity index is 1.34. The molecule has 34 heavy (non-hydrogen) atoms. The highest BCUT2D eigenvalue weighted by Crippen LogP contribution is 2.38. The van der Waals surface area contributed by atoms with E-state index < -0.39 is 0 Å². The molecule has 1 aromatic carbocycles. The molecule has 0 aliphatic heterocycles. The van der Waals surface area contributed by atoms with Crippen LogP contribution in [0.25, 0.3) is 0 Å². The van der Waals surface area contributed by atoms with Crippen LogP contribution in [0.1, 0.15) is 52.0 Å². The summed E-state index contributed by atoms with van der Waals surface area (Å²) >= 11 is 8.54. The first kappa shape index (κ1) is 24.6. The van der Waals surface area contributed by atoms with Gasteiger partial charge in [-0.1, -0.05) is 23.4 Å². The lowest BCUT2D eigenvalue weighted by molar-refractivity contribution is -0.113. The molecule has 4 rings (SSSR count). The minimum absolute atomic E-state index is 0.0591. The van der Waals surface area contributed by atoms with Crippen molar-refractivity contribution in [3.8, 4) is 5.75 Å². The molecule has 2 heterocycles. The van der Waals surface area contributed by atoms with Crippen molar-refractivity contribution < 1.29 is 23.5 Å². The Bertz CT molecular complexity index is 1190. The van der Waals surface area contributed by atoms with Crippen molar-refractivity contribution in [3.63, 3.8) is 0 Å². The van der Waals surface area contributed by atoms with Crippen LogP contribution in [0.15, 0.2) is 27.8 Å². The molecule has 0 radical (unpaired) electrons. The second-order valence-corrected chi connectivity index (χ2v) is 10.1. The number of carbonyl (C=O) groups is 2. The summed E-state index contributed by atoms with van der Waals surface area (Å²) in [7, 11) is 0. The van der Waals surface area contributed by atoms with Crippen LogP contribution >= 0.6 is 34.7 Å². The molecule has 11 heteroatoms. The van der Waals surface area contributed by atoms with E-state index in [1.165, 1.54) is 11.3 Å². The topological polar surface area (TPSA) is 104 Å². The molecule has 1 N–H and O–H groups in total. The second kappa shape index (κ2) is 11.2. The number of hydrogen-bond acceptors (Lipinski definition) is 9. The number of nitrogens with zero attached hydrogens (tertiary/aromatic N) is 2. The summed E-state index contributed by atoms with van der Waals surface area (Å²) in [6, 6.07) is 5.33. The van der Waals surface area contributed by atoms with Crippen molar-refractivity contribution in [2.24, 2.45) is 0 Å². The lowest BCUT2D eigenvalue weighted by atomic mass is 9.95. The van der Waals surface area contributed by atoms with Crippen LogP contribution in [0.5, 0.6) is 5.75 Å². The Morgan fingerprint density at radius 1 is 1.26 bits per heavy atom. The van der Waals surface area contributed by atoms with Crippen LogP contribution in [0.3, 0.4) is 0 Å². The zero-order chi connectivity index (χ0) is 24.1. The quantitative estimate of drug-likeness (QED) is 0.292. The van der Waals surface area contributed by atoms with Crippen LogP contribution in [-0.2, 0) is 29.0 Å². The van der Waals surface area contributed by atoms with Gasteiger partial charge in [0.05, 0.1) is 17.9 Å². The van der Waals surface area contributed by atoms with Crippen LogP contribution in [0, 0.1) is 6.92 Å². The zero-order valence-corrected chi connectivity index (χ0v) is 21.2. The predicted octanol–water partition coefficient (Wildman–Crippen LogP) is 5.46. The molecule has 8 nitrogen and oxygen atoms in total. The number of rotatable bonds is 9. The Morgan fingerprint density at radius 2 is 2.09 bits per heavy atom. The maximum absolute atomic E-state index is 12.6. The van der Waals surface area contributed by atoms with E-state index in [0.717, 1.165) is 53.4 Å². The fourth-order valence-corrected chi connectivity index (χ4v) is 5.73. The van der Waals surface area contributed by atoms with E-state index in [1.807, 2.05) is 13.0 Å². The van der Waals surface area contributed by atoms with E-state index in [4.69, 9.17) is 25.5 Å². The number of aromatic nitrogens is 2. The molecule has 1 amide bonds. The molecule has 0 saturated heterocycles. The molecule has 0 spiro atoms. The number of benzene rings is 1. The SMILES string of the molecule is CCOC(=O)c1c(NC(=O)CSc2nnc(COc3ccc(Cl)cc3C)o2)sc2c1CCCC2. The van der Waals surface area contributed by atoms with E-state index in [9.17, 15) is 9.59 Å². The molecule has 2 aromatic heterocycles. The largest absolute Gasteiger partial charge is 0.484 e. The molecule has 0 bridgehead atoms. The summed E-state index contributed by atoms with van der Waals surface area (Å²) in [6.45, 7) is 4.05. The number of carbonyl (C=O) groups excluding carboxylic acids is 2. The first-order valence-corrected chi connectivity index (χ1v) is 13.1. The fraction of sp³-hybridized carbons (Fsp3) is 0.391. The van der Waals surface area contributed by atoms with Gasteiger partial charge in [-0.25, -0.2) is 4.79 Å². The molecular weight excluding hydrogens is 498 g/mol. The molecule has 0 atom stereocenters. The summed E-state index contributed by atoms with van der Waals surface area (Å²) in [5.74, 6) is 0.383. The molecule has 0 fully saturated rings. The fourth-order valence-electron chi connectivity index (χ4n) is 3.63. The van der Waals surface area contributed by atoms with E-state index >= 15 is 0 Å². The zero-order valence-electron chi connectivity index (χ0n) is 18.8. The minimum atomic E-state index is -0.387. The third-order valence-electron chi connectivity index (χ3n) is 5.17. The Morgan fingerprint density at radius 3 is 2.88 bits per heavy atom. The van der Waals surface area contributed by atoms with Gasteiger partial charge in [0.25, 0.3) is 11.1 Å². The normalized spacial score (nSPS) is 12.8. The number of nitrogens with one attached hydrogen (secondary N) is 1. The minimum Gasteiger partial charge on any atom is -0.484 e. The molecule has 3 aromatic rings. The number of anilines is 1. The monoisotopic (exact) mass is 521 g/mol. The standard InChI is InChI=1S/C23H24ClN3O5S2/c1-3-30-22(29)20-15-6-4-5-7-17(15)34-21(20)25-18(28)12-33-23-27-26-19(32-23)11-31-16-9-8-14(24)10-13(16)2/h8-10H,3-7,11-12H2,1-2H3,(H,25,28). The van der Waals surface area contributed by atoms with Gasteiger partial charge in [0.15, 0.2) is 6.61 Å². The van der Waals surface area contributed by atoms with Crippen molar-refractivity contribution in [3.05, 3.63) is 50.7 Å². The van der Waals surface area contributed by atoms with Crippen LogP contribution in [-0.4, -0.2) is 34.4 Å². The second-order valence-electron chi connectivity index (χ2n) is 7.63. The molecule has 180 valence electrons. The van der Waals surface area contributed by atoms with Gasteiger partial charge in [-0.2, -0.15) is 0 Å². The van der Waals surface area contributed by atoms with Gasteiger partial charge in [0.2, 0.25) is 5.91 Å². The van der Waals surface area contributed by atoms with Crippen molar-refractivity contribution in [2.45, 2.75) is 51.4 Å². The van der Waals surface area contributed by atoms with E-state index in [0.29, 0.717) is 27.2 Å². The summed E-state index contributed by atoms with van der Waals surface area (Å²) < 4.78 is 16.5. The van der Waals surface area contributed by atoms with Gasteiger partial charge in [-0.15, -0.1) is 21.5 Å². The highest BCUT2D eigenvalue weighted by Gasteiger charge is 2.27. The summed E-state index contributed by atoms with van der Waals surface area (Å²) in [6.07, 6.45) is 3.85. The average molecular weight is 522 g/mol. The third kappa shape index (κ3) is 5.92. The smallest absolute Gasteiger partial charge is 0.341 e. The van der Waals surface area contributed by atoms with Gasteiger partial charge in [0.1, 0.15) is 10.8 Å². The number of fused-ring (bicyclic) bond motifs is 1. The number of aryl methyl sites for hydroxylation is 2. The van der Waals surface area contributed by atoms with Gasteiger partial charge in [-0.05, 0) is 68.9 Å². The first-order valence-electron chi connectivity index (χ1n) is 10.9. The van der Waals surface area contributed by atoms with Crippen LogP contribution in [0.2, 0.25) is 5.02 Å². The third-order valence-corrected chi connectivity index (χ3v) is 7.43. The van der Waals surface area contributed by atoms with Gasteiger partial charge in [0, 0.05) is 9.90 Å². The van der Waals surface area contributed by atoms with Gasteiger partial charge < -0.3 is 19.2 Å². The van der Waals surface area contributed by atoms with E-state index in [1.54, 1.807) is 19.1 Å². The Kier molecular flexibility index (Phi) is 8.12. The maximum atomic E-state index is 12.6.